The number of hydrogen-bond acceptors (Lipinski definition) is 5. The molecular weight excluding hydrogens is 455 g/mol. The second kappa shape index (κ2) is 8.07. The number of hydrogen-bond donors (Lipinski definition) is 1. The molecule has 2 aromatic heterocycles. The van der Waals surface area contributed by atoms with Gasteiger partial charge in [0.2, 0.25) is 5.91 Å². The standard InChI is InChI=1S/C22H16F3N5O2S/c1-11-3-2-4-12(7-11)30-20-14(9-26-30)21(32)29-13(10-33-22(29)28-20)8-17(31)27-16-6-5-15(23)18(24)19(16)25/h2-7,9,13H,8,10H2,1H3,(H,27,31). The number of thioether (sulfide) groups is 1. The first-order chi connectivity index (χ1) is 15.8. The molecule has 33 heavy (non-hydrogen) atoms. The zero-order chi connectivity index (χ0) is 23.3. The minimum absolute atomic E-state index is 0.169. The average molecular weight is 471 g/mol. The van der Waals surface area contributed by atoms with Gasteiger partial charge in [0.1, 0.15) is 5.39 Å². The normalized spacial score (nSPS) is 15.1. The molecule has 168 valence electrons. The van der Waals surface area contributed by atoms with Gasteiger partial charge in [0.05, 0.1) is 23.6 Å². The number of carbonyl (C=O) groups excluding carboxylic acids is 1. The molecule has 2 aromatic carbocycles. The fraction of sp³-hybridized carbons (Fsp3) is 0.182. The average Bonchev–Trinajstić information content (AvgIpc) is 3.39. The van der Waals surface area contributed by atoms with Gasteiger partial charge in [-0.1, -0.05) is 23.9 Å². The van der Waals surface area contributed by atoms with Crippen LogP contribution in [0.2, 0.25) is 0 Å². The van der Waals surface area contributed by atoms with Gasteiger partial charge in [0.15, 0.2) is 28.3 Å². The van der Waals surface area contributed by atoms with E-state index in [1.807, 2.05) is 31.2 Å². The molecule has 0 spiro atoms. The molecule has 0 fully saturated rings. The summed E-state index contributed by atoms with van der Waals surface area (Å²) in [4.78, 5) is 30.3. The highest BCUT2D eigenvalue weighted by Gasteiger charge is 2.30. The van der Waals surface area contributed by atoms with E-state index in [-0.39, 0.29) is 12.0 Å². The Morgan fingerprint density at radius 2 is 2.03 bits per heavy atom. The van der Waals surface area contributed by atoms with E-state index in [4.69, 9.17) is 0 Å². The van der Waals surface area contributed by atoms with Crippen LogP contribution in [0.5, 0.6) is 0 Å². The second-order valence-corrected chi connectivity index (χ2v) is 8.63. The first-order valence-electron chi connectivity index (χ1n) is 9.97. The molecule has 4 aromatic rings. The number of aryl methyl sites for hydroxylation is 1. The van der Waals surface area contributed by atoms with E-state index in [1.165, 1.54) is 22.5 Å². The van der Waals surface area contributed by atoms with Gasteiger partial charge >= 0.3 is 0 Å². The lowest BCUT2D eigenvalue weighted by atomic mass is 10.2. The maximum atomic E-state index is 13.9. The van der Waals surface area contributed by atoms with Crippen LogP contribution < -0.4 is 10.9 Å². The van der Waals surface area contributed by atoms with Crippen molar-refractivity contribution in [1.29, 1.82) is 0 Å². The number of nitrogens with zero attached hydrogens (tertiary/aromatic N) is 4. The Hall–Kier alpha value is -3.60. The number of halogens is 3. The van der Waals surface area contributed by atoms with E-state index in [2.05, 4.69) is 15.4 Å². The third-order valence-corrected chi connectivity index (χ3v) is 6.44. The van der Waals surface area contributed by atoms with Gasteiger partial charge < -0.3 is 5.32 Å². The van der Waals surface area contributed by atoms with Crippen molar-refractivity contribution in [3.63, 3.8) is 0 Å². The predicted molar refractivity (Wildman–Crippen MR) is 117 cm³/mol. The van der Waals surface area contributed by atoms with E-state index in [1.54, 1.807) is 4.68 Å². The monoisotopic (exact) mass is 471 g/mol. The maximum Gasteiger partial charge on any atom is 0.265 e. The summed E-state index contributed by atoms with van der Waals surface area (Å²) >= 11 is 1.32. The Labute approximate surface area is 189 Å². The lowest BCUT2D eigenvalue weighted by molar-refractivity contribution is -0.116. The Morgan fingerprint density at radius 3 is 2.82 bits per heavy atom. The SMILES string of the molecule is Cc1cccc(-n2ncc3c(=O)n4c(nc32)SCC4CC(=O)Nc2ccc(F)c(F)c2F)c1. The number of amides is 1. The van der Waals surface area contributed by atoms with Crippen LogP contribution in [0.25, 0.3) is 16.7 Å². The van der Waals surface area contributed by atoms with Gasteiger partial charge in [0.25, 0.3) is 5.56 Å². The molecule has 0 saturated heterocycles. The fourth-order valence-corrected chi connectivity index (χ4v) is 4.90. The second-order valence-electron chi connectivity index (χ2n) is 7.64. The Balaban J connectivity index is 1.44. The van der Waals surface area contributed by atoms with Crippen LogP contribution in [0.15, 0.2) is 52.5 Å². The molecule has 1 aliphatic rings. The number of nitrogens with one attached hydrogen (secondary N) is 1. The summed E-state index contributed by atoms with van der Waals surface area (Å²) in [6, 6.07) is 8.77. The summed E-state index contributed by atoms with van der Waals surface area (Å²) in [7, 11) is 0. The highest BCUT2D eigenvalue weighted by molar-refractivity contribution is 7.99. The summed E-state index contributed by atoms with van der Waals surface area (Å²) < 4.78 is 43.4. The number of benzene rings is 2. The first-order valence-corrected chi connectivity index (χ1v) is 11.0. The molecule has 1 unspecified atom stereocenters. The van der Waals surface area contributed by atoms with Crippen molar-refractivity contribution in [2.75, 3.05) is 11.1 Å². The molecule has 0 aliphatic carbocycles. The van der Waals surface area contributed by atoms with Gasteiger partial charge in [-0.05, 0) is 36.8 Å². The molecule has 7 nitrogen and oxygen atoms in total. The molecule has 1 aliphatic heterocycles. The van der Waals surface area contributed by atoms with Crippen LogP contribution in [0, 0.1) is 24.4 Å². The summed E-state index contributed by atoms with van der Waals surface area (Å²) in [5, 5.41) is 7.31. The van der Waals surface area contributed by atoms with Crippen molar-refractivity contribution in [2.24, 2.45) is 0 Å². The number of aromatic nitrogens is 4. The summed E-state index contributed by atoms with van der Waals surface area (Å²) in [5.74, 6) is -4.72. The molecular formula is C22H16F3N5O2S. The summed E-state index contributed by atoms with van der Waals surface area (Å²) in [5.41, 5.74) is 1.42. The van der Waals surface area contributed by atoms with Gasteiger partial charge in [-0.2, -0.15) is 5.10 Å². The smallest absolute Gasteiger partial charge is 0.265 e. The van der Waals surface area contributed by atoms with Crippen LogP contribution in [0.1, 0.15) is 18.0 Å². The highest BCUT2D eigenvalue weighted by Crippen LogP contribution is 2.34. The molecule has 11 heteroatoms. The van der Waals surface area contributed by atoms with Crippen molar-refractivity contribution >= 4 is 34.4 Å². The lowest BCUT2D eigenvalue weighted by Gasteiger charge is -2.14. The zero-order valence-corrected chi connectivity index (χ0v) is 18.0. The van der Waals surface area contributed by atoms with Crippen LogP contribution in [0.3, 0.4) is 0 Å². The number of anilines is 1. The topological polar surface area (TPSA) is 81.8 Å². The van der Waals surface area contributed by atoms with E-state index in [0.717, 1.165) is 23.4 Å². The van der Waals surface area contributed by atoms with Crippen LogP contribution in [-0.2, 0) is 4.79 Å². The summed E-state index contributed by atoms with van der Waals surface area (Å²) in [6.07, 6.45) is 1.27. The van der Waals surface area contributed by atoms with Gasteiger partial charge in [-0.15, -0.1) is 0 Å². The van der Waals surface area contributed by atoms with Crippen LogP contribution in [-0.4, -0.2) is 31.0 Å². The van der Waals surface area contributed by atoms with E-state index < -0.39 is 35.1 Å². The van der Waals surface area contributed by atoms with Crippen LogP contribution in [0.4, 0.5) is 18.9 Å². The molecule has 5 rings (SSSR count). The molecule has 0 radical (unpaired) electrons. The largest absolute Gasteiger partial charge is 0.323 e. The first kappa shape index (κ1) is 21.3. The molecule has 0 bridgehead atoms. The van der Waals surface area contributed by atoms with Gasteiger partial charge in [0, 0.05) is 12.2 Å². The minimum Gasteiger partial charge on any atom is -0.323 e. The molecule has 1 amide bonds. The summed E-state index contributed by atoms with van der Waals surface area (Å²) in [6.45, 7) is 1.95. The molecule has 3 heterocycles. The molecule has 0 saturated carbocycles. The Kier molecular flexibility index (Phi) is 5.20. The Morgan fingerprint density at radius 1 is 1.21 bits per heavy atom. The third-order valence-electron chi connectivity index (χ3n) is 5.35. The quantitative estimate of drug-likeness (QED) is 0.360. The highest BCUT2D eigenvalue weighted by atomic mass is 32.2. The lowest BCUT2D eigenvalue weighted by Crippen LogP contribution is -2.28. The minimum atomic E-state index is -1.66. The van der Waals surface area contributed by atoms with E-state index >= 15 is 0 Å². The molecule has 1 N–H and O–H groups in total. The Bertz CT molecular complexity index is 1480. The molecule has 1 atom stereocenters. The van der Waals surface area contributed by atoms with Crippen molar-refractivity contribution in [3.8, 4) is 5.69 Å². The van der Waals surface area contributed by atoms with Gasteiger partial charge in [-0.25, -0.2) is 22.8 Å². The van der Waals surface area contributed by atoms with Crippen LogP contribution >= 0.6 is 11.8 Å². The van der Waals surface area contributed by atoms with Crippen molar-refractivity contribution < 1.29 is 18.0 Å². The predicted octanol–water partition coefficient (Wildman–Crippen LogP) is 3.98. The number of fused-ring (bicyclic) bond motifs is 2. The maximum absolute atomic E-state index is 13.9. The van der Waals surface area contributed by atoms with Crippen molar-refractivity contribution in [1.82, 2.24) is 19.3 Å². The van der Waals surface area contributed by atoms with E-state index in [0.29, 0.717) is 21.9 Å². The number of carbonyl (C=O) groups is 1. The van der Waals surface area contributed by atoms with Crippen molar-refractivity contribution in [3.05, 3.63) is 76.0 Å². The zero-order valence-electron chi connectivity index (χ0n) is 17.2. The third kappa shape index (κ3) is 3.67. The van der Waals surface area contributed by atoms with Gasteiger partial charge in [-0.3, -0.25) is 14.2 Å². The number of rotatable bonds is 4. The fourth-order valence-electron chi connectivity index (χ4n) is 3.77. The van der Waals surface area contributed by atoms with Crippen molar-refractivity contribution in [2.45, 2.75) is 24.5 Å². The van der Waals surface area contributed by atoms with E-state index in [9.17, 15) is 22.8 Å².